The maximum Gasteiger partial charge on any atom is 0.207 e. The first kappa shape index (κ1) is 6.86. The quantitative estimate of drug-likeness (QED) is 0.597. The van der Waals surface area contributed by atoms with Gasteiger partial charge in [-0.25, -0.2) is 0 Å². The molecule has 0 spiro atoms. The summed E-state index contributed by atoms with van der Waals surface area (Å²) in [6, 6.07) is 2.03. The molecule has 2 N–H and O–H groups in total. The standard InChI is InChI=1S/C7H10N2O/c1-6(9-5-10)7-2-3-8-4-7/h2-6,8H,1H3,(H,9,10). The lowest BCUT2D eigenvalue weighted by molar-refractivity contribution is -0.110. The molecule has 54 valence electrons. The fraction of sp³-hybridized carbons (Fsp3) is 0.286. The summed E-state index contributed by atoms with van der Waals surface area (Å²) < 4.78 is 0. The van der Waals surface area contributed by atoms with Crippen LogP contribution in [-0.4, -0.2) is 11.4 Å². The summed E-state index contributed by atoms with van der Waals surface area (Å²) in [5.74, 6) is 0. The third kappa shape index (κ3) is 1.37. The van der Waals surface area contributed by atoms with Gasteiger partial charge in [0.1, 0.15) is 0 Å². The Labute approximate surface area is 59.4 Å². The summed E-state index contributed by atoms with van der Waals surface area (Å²) in [6.07, 6.45) is 4.40. The number of rotatable bonds is 3. The lowest BCUT2D eigenvalue weighted by atomic mass is 10.2. The predicted molar refractivity (Wildman–Crippen MR) is 38.4 cm³/mol. The molecule has 1 rings (SSSR count). The number of hydrogen-bond acceptors (Lipinski definition) is 1. The summed E-state index contributed by atoms with van der Waals surface area (Å²) in [6.45, 7) is 1.93. The Kier molecular flexibility index (Phi) is 2.10. The van der Waals surface area contributed by atoms with Crippen LogP contribution in [0.2, 0.25) is 0 Å². The van der Waals surface area contributed by atoms with Crippen molar-refractivity contribution in [2.24, 2.45) is 0 Å². The highest BCUT2D eigenvalue weighted by Gasteiger charge is 2.01. The second-order valence-corrected chi connectivity index (χ2v) is 2.15. The molecule has 0 aliphatic carbocycles. The van der Waals surface area contributed by atoms with E-state index in [2.05, 4.69) is 10.3 Å². The lowest BCUT2D eigenvalue weighted by Gasteiger charge is -2.05. The summed E-state index contributed by atoms with van der Waals surface area (Å²) in [4.78, 5) is 12.9. The lowest BCUT2D eigenvalue weighted by Crippen LogP contribution is -2.15. The van der Waals surface area contributed by atoms with Crippen LogP contribution in [0.3, 0.4) is 0 Å². The first-order valence-electron chi connectivity index (χ1n) is 3.17. The van der Waals surface area contributed by atoms with Gasteiger partial charge in [-0.1, -0.05) is 0 Å². The molecule has 1 unspecified atom stereocenters. The minimum atomic E-state index is 0.101. The monoisotopic (exact) mass is 138 g/mol. The van der Waals surface area contributed by atoms with E-state index >= 15 is 0 Å². The molecular weight excluding hydrogens is 128 g/mol. The highest BCUT2D eigenvalue weighted by molar-refractivity contribution is 5.47. The van der Waals surface area contributed by atoms with Crippen LogP contribution in [0.15, 0.2) is 18.5 Å². The normalized spacial score (nSPS) is 12.5. The summed E-state index contributed by atoms with van der Waals surface area (Å²) >= 11 is 0. The van der Waals surface area contributed by atoms with Crippen molar-refractivity contribution < 1.29 is 4.79 Å². The Morgan fingerprint density at radius 3 is 3.10 bits per heavy atom. The van der Waals surface area contributed by atoms with Gasteiger partial charge < -0.3 is 10.3 Å². The molecule has 1 heterocycles. The van der Waals surface area contributed by atoms with Crippen molar-refractivity contribution in [3.8, 4) is 0 Å². The molecule has 10 heavy (non-hydrogen) atoms. The number of H-pyrrole nitrogens is 1. The third-order valence-electron chi connectivity index (χ3n) is 1.44. The minimum absolute atomic E-state index is 0.101. The number of amides is 1. The van der Waals surface area contributed by atoms with Gasteiger partial charge in [-0.15, -0.1) is 0 Å². The largest absolute Gasteiger partial charge is 0.367 e. The van der Waals surface area contributed by atoms with E-state index in [1.807, 2.05) is 25.4 Å². The van der Waals surface area contributed by atoms with Crippen LogP contribution >= 0.6 is 0 Å². The zero-order valence-corrected chi connectivity index (χ0v) is 5.79. The molecule has 0 saturated carbocycles. The fourth-order valence-electron chi connectivity index (χ4n) is 0.804. The average Bonchev–Trinajstić information content (AvgIpc) is 2.38. The molecule has 1 atom stereocenters. The summed E-state index contributed by atoms with van der Waals surface area (Å²) in [5.41, 5.74) is 1.09. The smallest absolute Gasteiger partial charge is 0.207 e. The van der Waals surface area contributed by atoms with Gasteiger partial charge in [-0.05, 0) is 18.6 Å². The molecule has 0 bridgehead atoms. The van der Waals surface area contributed by atoms with E-state index in [0.29, 0.717) is 6.41 Å². The van der Waals surface area contributed by atoms with Gasteiger partial charge >= 0.3 is 0 Å². The van der Waals surface area contributed by atoms with Gasteiger partial charge in [0.05, 0.1) is 6.04 Å². The average molecular weight is 138 g/mol. The zero-order valence-electron chi connectivity index (χ0n) is 5.79. The molecule has 1 amide bonds. The van der Waals surface area contributed by atoms with E-state index in [-0.39, 0.29) is 6.04 Å². The van der Waals surface area contributed by atoms with E-state index < -0.39 is 0 Å². The number of aromatic amines is 1. The third-order valence-corrected chi connectivity index (χ3v) is 1.44. The van der Waals surface area contributed by atoms with Crippen LogP contribution in [-0.2, 0) is 4.79 Å². The molecule has 0 fully saturated rings. The van der Waals surface area contributed by atoms with Crippen molar-refractivity contribution in [2.45, 2.75) is 13.0 Å². The molecule has 1 aromatic rings. The van der Waals surface area contributed by atoms with Crippen LogP contribution < -0.4 is 5.32 Å². The maximum absolute atomic E-state index is 9.99. The van der Waals surface area contributed by atoms with Gasteiger partial charge in [-0.3, -0.25) is 4.79 Å². The molecule has 1 aromatic heterocycles. The van der Waals surface area contributed by atoms with Crippen molar-refractivity contribution in [1.82, 2.24) is 10.3 Å². The second kappa shape index (κ2) is 3.06. The molecule has 0 aliphatic rings. The molecule has 0 saturated heterocycles. The highest BCUT2D eigenvalue weighted by atomic mass is 16.1. The molecule has 3 nitrogen and oxygen atoms in total. The number of nitrogens with one attached hydrogen (secondary N) is 2. The van der Waals surface area contributed by atoms with Crippen molar-refractivity contribution in [1.29, 1.82) is 0 Å². The van der Waals surface area contributed by atoms with E-state index in [1.54, 1.807) is 0 Å². The topological polar surface area (TPSA) is 44.9 Å². The predicted octanol–water partition coefficient (Wildman–Crippen LogP) is 0.822. The summed E-state index contributed by atoms with van der Waals surface area (Å²) in [7, 11) is 0. The summed E-state index contributed by atoms with van der Waals surface area (Å²) in [5, 5.41) is 2.65. The number of carbonyl (C=O) groups is 1. The van der Waals surface area contributed by atoms with Crippen LogP contribution in [0.5, 0.6) is 0 Å². The van der Waals surface area contributed by atoms with Gasteiger partial charge in [0.2, 0.25) is 6.41 Å². The van der Waals surface area contributed by atoms with E-state index in [0.717, 1.165) is 5.56 Å². The van der Waals surface area contributed by atoms with Crippen molar-refractivity contribution in [3.63, 3.8) is 0 Å². The zero-order chi connectivity index (χ0) is 7.40. The Bertz CT molecular complexity index is 193. The first-order chi connectivity index (χ1) is 4.84. The Morgan fingerprint density at radius 1 is 1.80 bits per heavy atom. The van der Waals surface area contributed by atoms with Gasteiger partial charge in [-0.2, -0.15) is 0 Å². The van der Waals surface area contributed by atoms with E-state index in [9.17, 15) is 4.79 Å². The molecule has 0 aromatic carbocycles. The van der Waals surface area contributed by atoms with E-state index in [4.69, 9.17) is 0 Å². The number of hydrogen-bond donors (Lipinski definition) is 2. The Hall–Kier alpha value is -1.25. The minimum Gasteiger partial charge on any atom is -0.367 e. The van der Waals surface area contributed by atoms with Gasteiger partial charge in [0, 0.05) is 12.4 Å². The molecule has 0 radical (unpaired) electrons. The van der Waals surface area contributed by atoms with Crippen molar-refractivity contribution in [2.75, 3.05) is 0 Å². The van der Waals surface area contributed by atoms with Crippen LogP contribution in [0.25, 0.3) is 0 Å². The van der Waals surface area contributed by atoms with Crippen molar-refractivity contribution >= 4 is 6.41 Å². The fourth-order valence-corrected chi connectivity index (χ4v) is 0.804. The highest BCUT2D eigenvalue weighted by Crippen LogP contribution is 2.08. The van der Waals surface area contributed by atoms with Gasteiger partial charge in [0.25, 0.3) is 0 Å². The Morgan fingerprint density at radius 2 is 2.60 bits per heavy atom. The van der Waals surface area contributed by atoms with E-state index in [1.165, 1.54) is 0 Å². The first-order valence-corrected chi connectivity index (χ1v) is 3.17. The SMILES string of the molecule is CC(NC=O)c1cc[nH]c1. The Balaban J connectivity index is 2.58. The number of carbonyl (C=O) groups excluding carboxylic acids is 1. The second-order valence-electron chi connectivity index (χ2n) is 2.15. The van der Waals surface area contributed by atoms with Crippen molar-refractivity contribution in [3.05, 3.63) is 24.0 Å². The molecule has 0 aliphatic heterocycles. The van der Waals surface area contributed by atoms with Crippen LogP contribution in [0.4, 0.5) is 0 Å². The van der Waals surface area contributed by atoms with Crippen LogP contribution in [0, 0.1) is 0 Å². The molecular formula is C7H10N2O. The molecule has 3 heteroatoms. The number of aromatic nitrogens is 1. The van der Waals surface area contributed by atoms with Crippen LogP contribution in [0.1, 0.15) is 18.5 Å². The maximum atomic E-state index is 9.99. The van der Waals surface area contributed by atoms with Gasteiger partial charge in [0.15, 0.2) is 0 Å².